The first-order chi connectivity index (χ1) is 19.4. The first kappa shape index (κ1) is 28.2. The molecule has 206 valence electrons. The Bertz CT molecular complexity index is 1470. The zero-order valence-electron chi connectivity index (χ0n) is 21.9. The molecule has 0 bridgehead atoms. The Balaban J connectivity index is 1.54. The third-order valence-corrected chi connectivity index (χ3v) is 8.67. The molecule has 0 spiro atoms. The molecule has 5 rings (SSSR count). The topological polar surface area (TPSA) is 91.0 Å². The number of nitrogens with one attached hydrogen (secondary N) is 2. The van der Waals surface area contributed by atoms with E-state index in [9.17, 15) is 9.59 Å². The molecule has 0 saturated heterocycles. The lowest BCUT2D eigenvalue weighted by Crippen LogP contribution is -2.60. The van der Waals surface area contributed by atoms with Gasteiger partial charge in [0.25, 0.3) is 0 Å². The number of halogens is 2. The SMILES string of the molecule is Cc1cccc(N(C(=O)CSc2ncn[nH]2)C2(C(=O)NC(c3ccc(Cl)cc3)c3ccccc3Cl)CCCC2)c1. The van der Waals surface area contributed by atoms with E-state index in [2.05, 4.69) is 20.5 Å². The van der Waals surface area contributed by atoms with Crippen molar-refractivity contribution in [3.8, 4) is 0 Å². The smallest absolute Gasteiger partial charge is 0.247 e. The zero-order valence-corrected chi connectivity index (χ0v) is 24.3. The lowest BCUT2D eigenvalue weighted by Gasteiger charge is -2.41. The van der Waals surface area contributed by atoms with Crippen molar-refractivity contribution in [2.24, 2.45) is 0 Å². The molecule has 1 aliphatic carbocycles. The van der Waals surface area contributed by atoms with Crippen LogP contribution in [0.4, 0.5) is 5.69 Å². The number of rotatable bonds is 9. The van der Waals surface area contributed by atoms with Crippen molar-refractivity contribution in [3.05, 3.63) is 106 Å². The fourth-order valence-corrected chi connectivity index (χ4v) is 6.34. The van der Waals surface area contributed by atoms with Gasteiger partial charge in [-0.3, -0.25) is 19.6 Å². The Morgan fingerprint density at radius 2 is 1.80 bits per heavy atom. The number of carbonyl (C=O) groups excluding carboxylic acids is 2. The van der Waals surface area contributed by atoms with Crippen LogP contribution in [0.1, 0.15) is 48.4 Å². The van der Waals surface area contributed by atoms with Crippen LogP contribution in [0, 0.1) is 6.92 Å². The predicted molar refractivity (Wildman–Crippen MR) is 160 cm³/mol. The molecule has 3 aromatic carbocycles. The first-order valence-corrected chi connectivity index (χ1v) is 14.8. The minimum atomic E-state index is -1.07. The number of carbonyl (C=O) groups is 2. The van der Waals surface area contributed by atoms with E-state index in [1.807, 2.05) is 61.5 Å². The number of hydrogen-bond donors (Lipinski definition) is 2. The summed E-state index contributed by atoms with van der Waals surface area (Å²) < 4.78 is 0. The summed E-state index contributed by atoms with van der Waals surface area (Å²) in [5, 5.41) is 11.6. The second-order valence-corrected chi connectivity index (χ2v) is 11.7. The molecular formula is C30H29Cl2N5O2S. The van der Waals surface area contributed by atoms with Crippen molar-refractivity contribution < 1.29 is 9.59 Å². The third kappa shape index (κ3) is 6.04. The maximum absolute atomic E-state index is 14.5. The Kier molecular flexibility index (Phi) is 8.78. The van der Waals surface area contributed by atoms with Gasteiger partial charge in [0.2, 0.25) is 11.8 Å². The van der Waals surface area contributed by atoms with Crippen molar-refractivity contribution in [2.45, 2.75) is 49.3 Å². The van der Waals surface area contributed by atoms with E-state index in [4.69, 9.17) is 23.2 Å². The molecule has 1 aromatic heterocycles. The van der Waals surface area contributed by atoms with Crippen molar-refractivity contribution >= 4 is 52.5 Å². The van der Waals surface area contributed by atoms with Crippen LogP contribution in [0.3, 0.4) is 0 Å². The lowest BCUT2D eigenvalue weighted by atomic mass is 9.90. The van der Waals surface area contributed by atoms with Gasteiger partial charge in [0.1, 0.15) is 11.9 Å². The molecule has 1 fully saturated rings. The summed E-state index contributed by atoms with van der Waals surface area (Å²) in [5.74, 6) is -0.294. The number of H-pyrrole nitrogens is 1. The van der Waals surface area contributed by atoms with E-state index >= 15 is 0 Å². The molecule has 0 aliphatic heterocycles. The van der Waals surface area contributed by atoms with Crippen molar-refractivity contribution in [3.63, 3.8) is 0 Å². The second-order valence-electron chi connectivity index (χ2n) is 9.87. The minimum absolute atomic E-state index is 0.100. The van der Waals surface area contributed by atoms with E-state index in [1.165, 1.54) is 18.1 Å². The van der Waals surface area contributed by atoms with Gasteiger partial charge in [0, 0.05) is 15.7 Å². The Labute approximate surface area is 247 Å². The summed E-state index contributed by atoms with van der Waals surface area (Å²) in [6.07, 6.45) is 4.15. The highest BCUT2D eigenvalue weighted by molar-refractivity contribution is 7.99. The highest BCUT2D eigenvalue weighted by Crippen LogP contribution is 2.41. The van der Waals surface area contributed by atoms with Gasteiger partial charge < -0.3 is 5.32 Å². The summed E-state index contributed by atoms with van der Waals surface area (Å²) in [6.45, 7) is 1.98. The summed E-state index contributed by atoms with van der Waals surface area (Å²) in [4.78, 5) is 34.4. The zero-order chi connectivity index (χ0) is 28.1. The first-order valence-electron chi connectivity index (χ1n) is 13.1. The van der Waals surface area contributed by atoms with E-state index in [0.717, 1.165) is 29.5 Å². The fourth-order valence-electron chi connectivity index (χ4n) is 5.34. The van der Waals surface area contributed by atoms with Crippen LogP contribution in [0.2, 0.25) is 10.0 Å². The predicted octanol–water partition coefficient (Wildman–Crippen LogP) is 6.76. The molecule has 0 radical (unpaired) electrons. The van der Waals surface area contributed by atoms with Crippen LogP contribution in [-0.2, 0) is 9.59 Å². The standard InChI is InChI=1S/C30H29Cl2N5O2S/c1-20-7-6-8-23(17-20)37(26(38)18-40-29-33-19-34-36-29)30(15-4-5-16-30)28(39)35-27(21-11-13-22(31)14-12-21)24-9-2-3-10-25(24)32/h2-3,6-14,17,19,27H,4-5,15-16,18H2,1H3,(H,35,39)(H,33,34,36). The highest BCUT2D eigenvalue weighted by atomic mass is 35.5. The van der Waals surface area contributed by atoms with Crippen LogP contribution in [0.15, 0.2) is 84.3 Å². The summed E-state index contributed by atoms with van der Waals surface area (Å²) in [6, 6.07) is 22.0. The van der Waals surface area contributed by atoms with Gasteiger partial charge in [-0.05, 0) is 66.8 Å². The largest absolute Gasteiger partial charge is 0.343 e. The van der Waals surface area contributed by atoms with Crippen LogP contribution in [0.25, 0.3) is 0 Å². The number of aromatic amines is 1. The Morgan fingerprint density at radius 3 is 2.48 bits per heavy atom. The Morgan fingerprint density at radius 1 is 1.05 bits per heavy atom. The molecule has 4 aromatic rings. The van der Waals surface area contributed by atoms with Gasteiger partial charge in [0.15, 0.2) is 5.16 Å². The van der Waals surface area contributed by atoms with Crippen LogP contribution in [0.5, 0.6) is 0 Å². The molecular weight excluding hydrogens is 565 g/mol. The number of anilines is 1. The molecule has 10 heteroatoms. The molecule has 40 heavy (non-hydrogen) atoms. The van der Waals surface area contributed by atoms with Gasteiger partial charge in [-0.25, -0.2) is 4.98 Å². The number of thioether (sulfide) groups is 1. The Hall–Kier alpha value is -3.33. The van der Waals surface area contributed by atoms with Gasteiger partial charge >= 0.3 is 0 Å². The molecule has 2 amide bonds. The number of nitrogens with zero attached hydrogens (tertiary/aromatic N) is 3. The average molecular weight is 595 g/mol. The number of benzene rings is 3. The average Bonchev–Trinajstić information content (AvgIpc) is 3.65. The molecule has 7 nitrogen and oxygen atoms in total. The van der Waals surface area contributed by atoms with Gasteiger partial charge in [-0.15, -0.1) is 0 Å². The van der Waals surface area contributed by atoms with Crippen LogP contribution < -0.4 is 10.2 Å². The summed E-state index contributed by atoms with van der Waals surface area (Å²) in [7, 11) is 0. The highest BCUT2D eigenvalue weighted by Gasteiger charge is 2.49. The van der Waals surface area contributed by atoms with E-state index in [-0.39, 0.29) is 17.6 Å². The van der Waals surface area contributed by atoms with Crippen LogP contribution >= 0.6 is 35.0 Å². The number of aryl methyl sites for hydroxylation is 1. The summed E-state index contributed by atoms with van der Waals surface area (Å²) in [5.41, 5.74) is 2.23. The summed E-state index contributed by atoms with van der Waals surface area (Å²) >= 11 is 14.1. The van der Waals surface area contributed by atoms with E-state index in [0.29, 0.717) is 33.7 Å². The third-order valence-electron chi connectivity index (χ3n) is 7.21. The molecule has 1 heterocycles. The monoisotopic (exact) mass is 593 g/mol. The molecule has 1 atom stereocenters. The normalized spacial score (nSPS) is 15.0. The van der Waals surface area contributed by atoms with E-state index < -0.39 is 11.6 Å². The van der Waals surface area contributed by atoms with Gasteiger partial charge in [0.05, 0.1) is 11.8 Å². The minimum Gasteiger partial charge on any atom is -0.343 e. The second kappa shape index (κ2) is 12.5. The maximum atomic E-state index is 14.5. The number of hydrogen-bond acceptors (Lipinski definition) is 5. The van der Waals surface area contributed by atoms with Crippen molar-refractivity contribution in [1.29, 1.82) is 0 Å². The van der Waals surface area contributed by atoms with Gasteiger partial charge in [-0.2, -0.15) is 5.10 Å². The number of aromatic nitrogens is 3. The molecule has 1 unspecified atom stereocenters. The lowest BCUT2D eigenvalue weighted by molar-refractivity contribution is -0.130. The fraction of sp³-hybridized carbons (Fsp3) is 0.267. The van der Waals surface area contributed by atoms with E-state index in [1.54, 1.807) is 23.1 Å². The molecule has 2 N–H and O–H groups in total. The van der Waals surface area contributed by atoms with Crippen LogP contribution in [-0.4, -0.2) is 38.3 Å². The molecule has 1 aliphatic rings. The van der Waals surface area contributed by atoms with Crippen molar-refractivity contribution in [2.75, 3.05) is 10.7 Å². The molecule has 1 saturated carbocycles. The maximum Gasteiger partial charge on any atom is 0.247 e. The van der Waals surface area contributed by atoms with Gasteiger partial charge in [-0.1, -0.05) is 90.3 Å². The van der Waals surface area contributed by atoms with Crippen molar-refractivity contribution in [1.82, 2.24) is 20.5 Å². The number of amides is 2. The quantitative estimate of drug-likeness (QED) is 0.209.